The Morgan fingerprint density at radius 3 is 2.29 bits per heavy atom. The number of aromatic hydroxyl groups is 1. The van der Waals surface area contributed by atoms with Gasteiger partial charge in [0.15, 0.2) is 11.4 Å². The van der Waals surface area contributed by atoms with Crippen LogP contribution in [0.2, 0.25) is 0 Å². The lowest BCUT2D eigenvalue weighted by Crippen LogP contribution is -2.41. The largest absolute Gasteiger partial charge is 0.502 e. The highest BCUT2D eigenvalue weighted by molar-refractivity contribution is 5.99. The molecular formula is C10H12F3N2O2+. The molecule has 1 aromatic carbocycles. The van der Waals surface area contributed by atoms with Gasteiger partial charge in [0.1, 0.15) is 0 Å². The lowest BCUT2D eigenvalue weighted by atomic mass is 10.0. The monoisotopic (exact) mass is 249 g/mol. The summed E-state index contributed by atoms with van der Waals surface area (Å²) in [5.41, 5.74) is 1.40. The molecule has 4 N–H and O–H groups in total. The van der Waals surface area contributed by atoms with Crippen LogP contribution in [-0.4, -0.2) is 30.0 Å². The molecule has 17 heavy (non-hydrogen) atoms. The molecule has 0 unspecified atom stereocenters. The van der Waals surface area contributed by atoms with Crippen LogP contribution >= 0.6 is 0 Å². The van der Waals surface area contributed by atoms with Crippen LogP contribution in [-0.2, 0) is 6.18 Å². The molecule has 0 saturated carbocycles. The molecule has 1 amide bonds. The number of phenols is 1. The number of carbonyl (C=O) groups excluding carboxylic acids is 1. The molecule has 4 nitrogen and oxygen atoms in total. The second-order valence-electron chi connectivity index (χ2n) is 3.69. The summed E-state index contributed by atoms with van der Waals surface area (Å²) in [4.78, 5) is 12.6. The smallest absolute Gasteiger partial charge is 0.417 e. The number of rotatable bonds is 1. The van der Waals surface area contributed by atoms with E-state index in [4.69, 9.17) is 0 Å². The van der Waals surface area contributed by atoms with Crippen molar-refractivity contribution in [3.05, 3.63) is 23.3 Å². The van der Waals surface area contributed by atoms with Gasteiger partial charge >= 0.3 is 6.18 Å². The fourth-order valence-electron chi connectivity index (χ4n) is 1.31. The minimum absolute atomic E-state index is 0.0248. The maximum Gasteiger partial charge on any atom is 0.417 e. The summed E-state index contributed by atoms with van der Waals surface area (Å²) in [5.74, 6) is -1.65. The first-order valence-electron chi connectivity index (χ1n) is 4.63. The van der Waals surface area contributed by atoms with Gasteiger partial charge in [-0.05, 0) is 6.07 Å². The maximum atomic E-state index is 12.7. The molecule has 1 aromatic rings. The van der Waals surface area contributed by atoms with Crippen molar-refractivity contribution in [3.63, 3.8) is 0 Å². The molecule has 0 aliphatic carbocycles. The lowest BCUT2D eigenvalue weighted by Gasteiger charge is -2.17. The van der Waals surface area contributed by atoms with Crippen LogP contribution in [0.15, 0.2) is 12.1 Å². The van der Waals surface area contributed by atoms with Gasteiger partial charge in [0.25, 0.3) is 5.91 Å². The predicted octanol–water partition coefficient (Wildman–Crippen LogP) is 0.986. The van der Waals surface area contributed by atoms with Crippen LogP contribution < -0.4 is 5.73 Å². The molecule has 0 bridgehead atoms. The topological polar surface area (TPSA) is 68.2 Å². The van der Waals surface area contributed by atoms with E-state index in [9.17, 15) is 23.1 Å². The molecule has 1 rings (SSSR count). The predicted molar refractivity (Wildman–Crippen MR) is 53.7 cm³/mol. The molecule has 0 aliphatic rings. The number of alkyl halides is 3. The molecule has 0 spiro atoms. The highest BCUT2D eigenvalue weighted by Crippen LogP contribution is 2.38. The van der Waals surface area contributed by atoms with Crippen molar-refractivity contribution in [1.82, 2.24) is 4.90 Å². The summed E-state index contributed by atoms with van der Waals surface area (Å²) in [6, 6.07) is 1.75. The summed E-state index contributed by atoms with van der Waals surface area (Å²) < 4.78 is 38.0. The van der Waals surface area contributed by atoms with Crippen molar-refractivity contribution in [2.45, 2.75) is 6.18 Å². The van der Waals surface area contributed by atoms with E-state index in [0.717, 1.165) is 17.0 Å². The van der Waals surface area contributed by atoms with Gasteiger partial charge in [-0.2, -0.15) is 13.2 Å². The zero-order chi connectivity index (χ0) is 13.4. The minimum atomic E-state index is -4.70. The van der Waals surface area contributed by atoms with E-state index in [-0.39, 0.29) is 5.69 Å². The van der Waals surface area contributed by atoms with E-state index in [1.165, 1.54) is 14.1 Å². The van der Waals surface area contributed by atoms with Gasteiger partial charge in [-0.3, -0.25) is 4.79 Å². The van der Waals surface area contributed by atoms with E-state index in [0.29, 0.717) is 0 Å². The summed E-state index contributed by atoms with van der Waals surface area (Å²) >= 11 is 0. The van der Waals surface area contributed by atoms with E-state index >= 15 is 0 Å². The molecule has 0 fully saturated rings. The van der Waals surface area contributed by atoms with Crippen molar-refractivity contribution in [2.24, 2.45) is 0 Å². The van der Waals surface area contributed by atoms with Crippen LogP contribution in [0.3, 0.4) is 0 Å². The number of halogens is 3. The third kappa shape index (κ3) is 2.50. The van der Waals surface area contributed by atoms with Crippen molar-refractivity contribution >= 4 is 11.6 Å². The molecular weight excluding hydrogens is 237 g/mol. The number of carbonyl (C=O) groups is 1. The minimum Gasteiger partial charge on any atom is -0.502 e. The Morgan fingerprint density at radius 1 is 1.35 bits per heavy atom. The Balaban J connectivity index is 3.53. The van der Waals surface area contributed by atoms with Gasteiger partial charge in [0.2, 0.25) is 0 Å². The molecule has 0 atom stereocenters. The molecule has 7 heteroatoms. The first kappa shape index (κ1) is 13.3. The normalized spacial score (nSPS) is 11.4. The van der Waals surface area contributed by atoms with Gasteiger partial charge in [0.05, 0.1) is 11.1 Å². The fourth-order valence-corrected chi connectivity index (χ4v) is 1.31. The SMILES string of the molecule is CN(C)C(=O)c1c(C(F)(F)F)ccc([NH3+])c1O. The van der Waals surface area contributed by atoms with Crippen LogP contribution in [0.4, 0.5) is 18.9 Å². The zero-order valence-corrected chi connectivity index (χ0v) is 9.30. The number of quaternary nitrogens is 1. The number of hydrogen-bond donors (Lipinski definition) is 2. The van der Waals surface area contributed by atoms with Gasteiger partial charge in [-0.15, -0.1) is 0 Å². The van der Waals surface area contributed by atoms with E-state index in [1.807, 2.05) is 0 Å². The molecule has 0 heterocycles. The Morgan fingerprint density at radius 2 is 1.88 bits per heavy atom. The Bertz CT molecular complexity index is 456. The van der Waals surface area contributed by atoms with Gasteiger partial charge in [-0.1, -0.05) is 0 Å². The third-order valence-electron chi connectivity index (χ3n) is 2.19. The van der Waals surface area contributed by atoms with E-state index in [2.05, 4.69) is 5.73 Å². The molecule has 0 aliphatic heterocycles. The van der Waals surface area contributed by atoms with Crippen LogP contribution in [0, 0.1) is 0 Å². The van der Waals surface area contributed by atoms with Crippen molar-refractivity contribution in [3.8, 4) is 5.75 Å². The lowest BCUT2D eigenvalue weighted by molar-refractivity contribution is -0.256. The Kier molecular flexibility index (Phi) is 3.33. The van der Waals surface area contributed by atoms with Crippen molar-refractivity contribution in [1.29, 1.82) is 0 Å². The fraction of sp³-hybridized carbons (Fsp3) is 0.300. The average Bonchev–Trinajstić information content (AvgIpc) is 2.19. The summed E-state index contributed by atoms with van der Waals surface area (Å²) in [5, 5.41) is 9.55. The van der Waals surface area contributed by atoms with Crippen molar-refractivity contribution in [2.75, 3.05) is 14.1 Å². The molecule has 94 valence electrons. The summed E-state index contributed by atoms with van der Waals surface area (Å²) in [7, 11) is 2.61. The Labute approximate surface area is 95.4 Å². The Hall–Kier alpha value is -1.76. The van der Waals surface area contributed by atoms with E-state index < -0.39 is 29.0 Å². The number of phenolic OH excluding ortho intramolecular Hbond substituents is 1. The van der Waals surface area contributed by atoms with E-state index in [1.54, 1.807) is 0 Å². The highest BCUT2D eigenvalue weighted by Gasteiger charge is 2.38. The summed E-state index contributed by atoms with van der Waals surface area (Å²) in [6.45, 7) is 0. The van der Waals surface area contributed by atoms with Gasteiger partial charge in [-0.25, -0.2) is 0 Å². The molecule has 0 radical (unpaired) electrons. The molecule has 0 aromatic heterocycles. The van der Waals surface area contributed by atoms with Gasteiger partial charge in [0, 0.05) is 20.2 Å². The summed E-state index contributed by atoms with van der Waals surface area (Å²) in [6.07, 6.45) is -4.70. The highest BCUT2D eigenvalue weighted by atomic mass is 19.4. The number of amides is 1. The first-order chi connectivity index (χ1) is 7.66. The number of benzene rings is 1. The first-order valence-corrected chi connectivity index (χ1v) is 4.63. The standard InChI is InChI=1S/C10H11F3N2O2/c1-15(2)9(17)7-5(10(11,12)13)3-4-6(14)8(7)16/h3-4,16H,14H2,1-2H3/p+1. The number of hydrogen-bond acceptors (Lipinski definition) is 2. The van der Waals surface area contributed by atoms with Crippen LogP contribution in [0.5, 0.6) is 5.75 Å². The van der Waals surface area contributed by atoms with Gasteiger partial charge < -0.3 is 15.7 Å². The second kappa shape index (κ2) is 4.25. The zero-order valence-electron chi connectivity index (χ0n) is 9.30. The average molecular weight is 249 g/mol. The maximum absolute atomic E-state index is 12.7. The second-order valence-corrected chi connectivity index (χ2v) is 3.69. The third-order valence-corrected chi connectivity index (χ3v) is 2.19. The van der Waals surface area contributed by atoms with Crippen molar-refractivity contribution < 1.29 is 28.8 Å². The van der Waals surface area contributed by atoms with Crippen LogP contribution in [0.25, 0.3) is 0 Å². The molecule has 0 saturated heterocycles. The van der Waals surface area contributed by atoms with Crippen LogP contribution in [0.1, 0.15) is 15.9 Å². The number of nitrogens with zero attached hydrogens (tertiary/aromatic N) is 1. The quantitative estimate of drug-likeness (QED) is 0.779.